The topological polar surface area (TPSA) is 108 Å². The zero-order valence-corrected chi connectivity index (χ0v) is 19.9. The molecule has 176 valence electrons. The third-order valence-electron chi connectivity index (χ3n) is 5.60. The number of nitrogens with one attached hydrogen (secondary N) is 2. The lowest BCUT2D eigenvalue weighted by atomic mass is 10.1. The standard InChI is InChI=1S/C22H20N6O3S.C2H6/c1-2-16(29)27-10-4-5-13(12-27)25-20(30)19-18-17-15(7-9-24-21(17)32-19)28(22(31)26-18)14-6-3-8-23-11-14;1-2/h2-3,6-9,11,13H,1,4-5,10,12H2,(H,25,30)(H,26,31);1-2H3. The van der Waals surface area contributed by atoms with Crippen molar-refractivity contribution in [3.63, 3.8) is 0 Å². The smallest absolute Gasteiger partial charge is 0.331 e. The van der Waals surface area contributed by atoms with Crippen LogP contribution in [0.3, 0.4) is 0 Å². The van der Waals surface area contributed by atoms with Crippen LogP contribution in [-0.2, 0) is 4.79 Å². The maximum absolute atomic E-state index is 13.2. The number of thiophene rings is 1. The molecule has 0 saturated carbocycles. The molecular weight excluding hydrogens is 452 g/mol. The minimum absolute atomic E-state index is 0.141. The molecule has 1 unspecified atom stereocenters. The summed E-state index contributed by atoms with van der Waals surface area (Å²) >= 11 is 1.23. The maximum atomic E-state index is 13.2. The number of aromatic nitrogens is 2. The number of likely N-dealkylation sites (tertiary alicyclic amines) is 1. The number of piperidine rings is 1. The molecule has 2 aliphatic heterocycles. The van der Waals surface area contributed by atoms with E-state index in [2.05, 4.69) is 27.2 Å². The first kappa shape index (κ1) is 23.4. The van der Waals surface area contributed by atoms with Crippen molar-refractivity contribution in [2.75, 3.05) is 23.3 Å². The summed E-state index contributed by atoms with van der Waals surface area (Å²) in [6.07, 6.45) is 7.74. The molecule has 2 aliphatic rings. The van der Waals surface area contributed by atoms with E-state index in [1.807, 2.05) is 13.8 Å². The summed E-state index contributed by atoms with van der Waals surface area (Å²) in [7, 11) is 0. The average Bonchev–Trinajstić information content (AvgIpc) is 3.25. The van der Waals surface area contributed by atoms with Gasteiger partial charge in [0.15, 0.2) is 0 Å². The molecule has 10 heteroatoms. The van der Waals surface area contributed by atoms with E-state index < -0.39 is 0 Å². The second kappa shape index (κ2) is 10.0. The Labute approximate surface area is 201 Å². The van der Waals surface area contributed by atoms with E-state index >= 15 is 0 Å². The Morgan fingerprint density at radius 2 is 2.12 bits per heavy atom. The van der Waals surface area contributed by atoms with Crippen LogP contribution in [-0.4, -0.2) is 51.8 Å². The first-order valence-corrected chi connectivity index (χ1v) is 12.0. The summed E-state index contributed by atoms with van der Waals surface area (Å²) in [4.78, 5) is 50.9. The van der Waals surface area contributed by atoms with E-state index in [1.165, 1.54) is 22.3 Å². The maximum Gasteiger partial charge on any atom is 0.331 e. The van der Waals surface area contributed by atoms with Crippen LogP contribution in [0.1, 0.15) is 36.4 Å². The molecule has 5 rings (SSSR count). The van der Waals surface area contributed by atoms with Crippen LogP contribution < -0.4 is 15.5 Å². The molecule has 1 atom stereocenters. The molecule has 0 radical (unpaired) electrons. The Morgan fingerprint density at radius 3 is 2.85 bits per heavy atom. The Balaban J connectivity index is 0.00000133. The first-order valence-electron chi connectivity index (χ1n) is 11.2. The molecule has 3 aromatic heterocycles. The van der Waals surface area contributed by atoms with Gasteiger partial charge >= 0.3 is 6.03 Å². The van der Waals surface area contributed by atoms with E-state index in [-0.39, 0.29) is 23.9 Å². The van der Waals surface area contributed by atoms with Crippen LogP contribution in [0, 0.1) is 0 Å². The predicted octanol–water partition coefficient (Wildman–Crippen LogP) is 4.31. The Hall–Kier alpha value is -3.79. The molecule has 0 aromatic carbocycles. The summed E-state index contributed by atoms with van der Waals surface area (Å²) in [5, 5.41) is 6.61. The van der Waals surface area contributed by atoms with Crippen LogP contribution in [0.15, 0.2) is 49.4 Å². The van der Waals surface area contributed by atoms with Crippen molar-refractivity contribution in [3.05, 3.63) is 54.3 Å². The minimum Gasteiger partial charge on any atom is -0.347 e. The quantitative estimate of drug-likeness (QED) is 0.544. The normalized spacial score (nSPS) is 16.9. The number of hydrogen-bond acceptors (Lipinski definition) is 6. The number of carbonyl (C=O) groups excluding carboxylic acids is 3. The van der Waals surface area contributed by atoms with Crippen LogP contribution in [0.2, 0.25) is 0 Å². The van der Waals surface area contributed by atoms with Gasteiger partial charge in [-0.2, -0.15) is 0 Å². The highest BCUT2D eigenvalue weighted by molar-refractivity contribution is 7.21. The largest absolute Gasteiger partial charge is 0.347 e. The summed E-state index contributed by atoms with van der Waals surface area (Å²) < 4.78 is 0. The van der Waals surface area contributed by atoms with E-state index in [9.17, 15) is 14.4 Å². The monoisotopic (exact) mass is 478 g/mol. The number of hydrogen-bond donors (Lipinski definition) is 2. The Kier molecular flexibility index (Phi) is 6.87. The lowest BCUT2D eigenvalue weighted by Crippen LogP contribution is -2.49. The number of nitrogens with zero attached hydrogens (tertiary/aromatic N) is 4. The van der Waals surface area contributed by atoms with Crippen molar-refractivity contribution in [1.29, 1.82) is 0 Å². The van der Waals surface area contributed by atoms with E-state index in [0.29, 0.717) is 39.9 Å². The Bertz CT molecular complexity index is 1240. The molecule has 34 heavy (non-hydrogen) atoms. The van der Waals surface area contributed by atoms with Crippen molar-refractivity contribution in [2.45, 2.75) is 32.7 Å². The molecule has 2 N–H and O–H groups in total. The third kappa shape index (κ3) is 4.24. The van der Waals surface area contributed by atoms with Gasteiger partial charge in [-0.3, -0.25) is 19.5 Å². The van der Waals surface area contributed by atoms with Crippen LogP contribution in [0.4, 0.5) is 21.9 Å². The zero-order valence-electron chi connectivity index (χ0n) is 19.1. The molecule has 0 spiro atoms. The number of urea groups is 1. The van der Waals surface area contributed by atoms with Gasteiger partial charge in [0.1, 0.15) is 9.71 Å². The minimum atomic E-state index is -0.370. The molecule has 0 bridgehead atoms. The fourth-order valence-electron chi connectivity index (χ4n) is 4.16. The van der Waals surface area contributed by atoms with E-state index in [4.69, 9.17) is 0 Å². The highest BCUT2D eigenvalue weighted by Crippen LogP contribution is 2.45. The van der Waals surface area contributed by atoms with Crippen molar-refractivity contribution < 1.29 is 14.4 Å². The highest BCUT2D eigenvalue weighted by atomic mass is 32.1. The molecule has 9 nitrogen and oxygen atoms in total. The molecular formula is C24H26N6O3S. The fourth-order valence-corrected chi connectivity index (χ4v) is 5.18. The molecule has 0 aliphatic carbocycles. The van der Waals surface area contributed by atoms with E-state index in [0.717, 1.165) is 18.2 Å². The van der Waals surface area contributed by atoms with Gasteiger partial charge in [0.2, 0.25) is 5.91 Å². The van der Waals surface area contributed by atoms with Gasteiger partial charge in [-0.05, 0) is 37.1 Å². The third-order valence-corrected chi connectivity index (χ3v) is 6.70. The van der Waals surface area contributed by atoms with Crippen molar-refractivity contribution in [3.8, 4) is 0 Å². The molecule has 4 amide bonds. The summed E-state index contributed by atoms with van der Waals surface area (Å²) in [6.45, 7) is 8.62. The van der Waals surface area contributed by atoms with Gasteiger partial charge in [-0.1, -0.05) is 20.4 Å². The SMILES string of the molecule is C=CC(=O)N1CCCC(NC(=O)c2sc3nccc4c3c2NC(=O)N4c2cccnc2)C1.CC. The summed E-state index contributed by atoms with van der Waals surface area (Å²) in [5.41, 5.74) is 1.73. The average molecular weight is 479 g/mol. The van der Waals surface area contributed by atoms with Gasteiger partial charge in [-0.15, -0.1) is 11.3 Å². The first-order chi connectivity index (χ1) is 16.6. The molecule has 3 aromatic rings. The van der Waals surface area contributed by atoms with Crippen molar-refractivity contribution >= 4 is 56.5 Å². The van der Waals surface area contributed by atoms with Crippen LogP contribution >= 0.6 is 11.3 Å². The summed E-state index contributed by atoms with van der Waals surface area (Å²) in [6, 6.07) is 4.77. The summed E-state index contributed by atoms with van der Waals surface area (Å²) in [5.74, 6) is -0.431. The van der Waals surface area contributed by atoms with Gasteiger partial charge in [0.05, 0.1) is 28.6 Å². The number of amides is 4. The zero-order chi connectivity index (χ0) is 24.2. The van der Waals surface area contributed by atoms with Gasteiger partial charge in [0, 0.05) is 31.5 Å². The number of carbonyl (C=O) groups is 3. The predicted molar refractivity (Wildman–Crippen MR) is 134 cm³/mol. The van der Waals surface area contributed by atoms with E-state index in [1.54, 1.807) is 41.7 Å². The molecule has 5 heterocycles. The molecule has 1 fully saturated rings. The highest BCUT2D eigenvalue weighted by Gasteiger charge is 2.33. The van der Waals surface area contributed by atoms with Gasteiger partial charge in [-0.25, -0.2) is 9.78 Å². The number of rotatable bonds is 4. The lowest BCUT2D eigenvalue weighted by Gasteiger charge is -2.32. The Morgan fingerprint density at radius 1 is 1.29 bits per heavy atom. The van der Waals surface area contributed by atoms with Gasteiger partial charge in [0.25, 0.3) is 5.91 Å². The second-order valence-corrected chi connectivity index (χ2v) is 8.59. The number of pyridine rings is 2. The van der Waals surface area contributed by atoms with Crippen LogP contribution in [0.25, 0.3) is 10.2 Å². The van der Waals surface area contributed by atoms with Gasteiger partial charge < -0.3 is 15.5 Å². The number of anilines is 3. The van der Waals surface area contributed by atoms with Crippen LogP contribution in [0.5, 0.6) is 0 Å². The second-order valence-electron chi connectivity index (χ2n) is 7.59. The van der Waals surface area contributed by atoms with Crippen molar-refractivity contribution in [2.24, 2.45) is 0 Å². The lowest BCUT2D eigenvalue weighted by molar-refractivity contribution is -0.127. The fraction of sp³-hybridized carbons (Fsp3) is 0.292. The van der Waals surface area contributed by atoms with Crippen molar-refractivity contribution in [1.82, 2.24) is 20.2 Å². The molecule has 1 saturated heterocycles.